The number of fused-ring (bicyclic) bond motifs is 1. The molecule has 0 amide bonds. The summed E-state index contributed by atoms with van der Waals surface area (Å²) in [5.41, 5.74) is -1.72. The molecule has 2 atom stereocenters. The highest BCUT2D eigenvalue weighted by atomic mass is 19.4. The van der Waals surface area contributed by atoms with Crippen LogP contribution in [-0.2, 0) is 9.53 Å². The number of carbonyl (C=O) groups is 1. The minimum absolute atomic E-state index is 0.0271. The molecular formula is C14H14F3NO2. The van der Waals surface area contributed by atoms with E-state index in [4.69, 9.17) is 4.74 Å². The lowest BCUT2D eigenvalue weighted by Gasteiger charge is -2.45. The number of alkyl halides is 3. The second-order valence-corrected chi connectivity index (χ2v) is 5.18. The van der Waals surface area contributed by atoms with E-state index in [-0.39, 0.29) is 19.6 Å². The summed E-state index contributed by atoms with van der Waals surface area (Å²) in [6.45, 7) is 0.231. The molecule has 3 rings (SSSR count). The maximum atomic E-state index is 13.5. The molecule has 1 aromatic rings. The summed E-state index contributed by atoms with van der Waals surface area (Å²) in [4.78, 5) is 13.1. The highest BCUT2D eigenvalue weighted by Crippen LogP contribution is 2.50. The molecule has 108 valence electrons. The van der Waals surface area contributed by atoms with Crippen LogP contribution in [0.15, 0.2) is 30.3 Å². The van der Waals surface area contributed by atoms with Gasteiger partial charge in [0.2, 0.25) is 5.54 Å². The number of hydrogen-bond acceptors (Lipinski definition) is 3. The first-order chi connectivity index (χ1) is 9.47. The van der Waals surface area contributed by atoms with Crippen LogP contribution >= 0.6 is 0 Å². The summed E-state index contributed by atoms with van der Waals surface area (Å²) in [5.74, 6) is -1.16. The summed E-state index contributed by atoms with van der Waals surface area (Å²) in [6.07, 6.45) is -4.50. The molecule has 2 aliphatic rings. The van der Waals surface area contributed by atoms with Crippen LogP contribution in [0.25, 0.3) is 0 Å². The third-order valence-corrected chi connectivity index (χ3v) is 4.17. The first kappa shape index (κ1) is 13.4. The zero-order valence-electron chi connectivity index (χ0n) is 10.7. The van der Waals surface area contributed by atoms with Gasteiger partial charge in [-0.1, -0.05) is 30.3 Å². The fourth-order valence-electron chi connectivity index (χ4n) is 3.22. The molecule has 1 aromatic carbocycles. The van der Waals surface area contributed by atoms with Gasteiger partial charge in [-0.15, -0.1) is 0 Å². The van der Waals surface area contributed by atoms with Crippen molar-refractivity contribution >= 4 is 5.97 Å². The lowest BCUT2D eigenvalue weighted by Crippen LogP contribution is -2.65. The first-order valence-corrected chi connectivity index (χ1v) is 6.52. The van der Waals surface area contributed by atoms with E-state index in [1.54, 1.807) is 30.3 Å². The van der Waals surface area contributed by atoms with Crippen molar-refractivity contribution < 1.29 is 22.7 Å². The summed E-state index contributed by atoms with van der Waals surface area (Å²) < 4.78 is 45.3. The Bertz CT molecular complexity index is 517. The number of halogens is 3. The average molecular weight is 285 g/mol. The lowest BCUT2D eigenvalue weighted by molar-refractivity contribution is -0.252. The predicted octanol–water partition coefficient (Wildman–Crippen LogP) is 2.68. The number of rotatable bonds is 1. The zero-order chi connectivity index (χ0) is 14.4. The second-order valence-electron chi connectivity index (χ2n) is 5.18. The fraction of sp³-hybridized carbons (Fsp3) is 0.500. The Labute approximate surface area is 114 Å². The summed E-state index contributed by atoms with van der Waals surface area (Å²) in [6, 6.07) is 8.36. The monoisotopic (exact) mass is 285 g/mol. The van der Waals surface area contributed by atoms with Gasteiger partial charge < -0.3 is 4.74 Å². The Kier molecular flexibility index (Phi) is 3.01. The minimum atomic E-state index is -4.62. The molecule has 0 aliphatic carbocycles. The number of cyclic esters (lactones) is 1. The standard InChI is InChI=1S/C14H14F3NO2/c15-14(16,17)13-7-4-8-18(13)11(9-20-12(13)19)10-5-2-1-3-6-10/h1-3,5-6,11H,4,7-9H2/t11-,13+/m0/s1. The Morgan fingerprint density at radius 2 is 1.95 bits per heavy atom. The van der Waals surface area contributed by atoms with Crippen molar-refractivity contribution in [2.24, 2.45) is 0 Å². The molecule has 0 N–H and O–H groups in total. The molecule has 0 spiro atoms. The topological polar surface area (TPSA) is 29.5 Å². The van der Waals surface area contributed by atoms with Gasteiger partial charge in [0.05, 0.1) is 6.04 Å². The number of morpholine rings is 1. The maximum absolute atomic E-state index is 13.5. The van der Waals surface area contributed by atoms with E-state index in [9.17, 15) is 18.0 Å². The largest absolute Gasteiger partial charge is 0.462 e. The van der Waals surface area contributed by atoms with Crippen molar-refractivity contribution in [1.29, 1.82) is 0 Å². The first-order valence-electron chi connectivity index (χ1n) is 6.52. The predicted molar refractivity (Wildman–Crippen MR) is 64.9 cm³/mol. The van der Waals surface area contributed by atoms with Crippen molar-refractivity contribution in [1.82, 2.24) is 4.90 Å². The van der Waals surface area contributed by atoms with Gasteiger partial charge in [-0.05, 0) is 18.4 Å². The lowest BCUT2D eigenvalue weighted by atomic mass is 9.90. The van der Waals surface area contributed by atoms with Gasteiger partial charge in [0, 0.05) is 6.54 Å². The summed E-state index contributed by atoms with van der Waals surface area (Å²) in [5, 5.41) is 0. The molecule has 0 saturated carbocycles. The van der Waals surface area contributed by atoms with Crippen molar-refractivity contribution in [3.8, 4) is 0 Å². The second kappa shape index (κ2) is 4.48. The molecular weight excluding hydrogens is 271 g/mol. The van der Waals surface area contributed by atoms with Gasteiger partial charge in [-0.25, -0.2) is 4.79 Å². The van der Waals surface area contributed by atoms with E-state index in [0.717, 1.165) is 5.56 Å². The van der Waals surface area contributed by atoms with Gasteiger partial charge in [0.1, 0.15) is 6.61 Å². The van der Waals surface area contributed by atoms with Crippen LogP contribution < -0.4 is 0 Å². The average Bonchev–Trinajstić information content (AvgIpc) is 2.86. The summed E-state index contributed by atoms with van der Waals surface area (Å²) >= 11 is 0. The van der Waals surface area contributed by atoms with Gasteiger partial charge in [0.25, 0.3) is 0 Å². The van der Waals surface area contributed by atoms with Gasteiger partial charge in [-0.3, -0.25) is 4.90 Å². The van der Waals surface area contributed by atoms with E-state index in [0.29, 0.717) is 6.42 Å². The molecule has 2 saturated heterocycles. The SMILES string of the molecule is O=C1OC[C@@H](c2ccccc2)N2CCC[C@]12C(F)(F)F. The van der Waals surface area contributed by atoms with E-state index in [1.165, 1.54) is 4.90 Å². The summed E-state index contributed by atoms with van der Waals surface area (Å²) in [7, 11) is 0. The fourth-order valence-corrected chi connectivity index (χ4v) is 3.22. The van der Waals surface area contributed by atoms with Crippen LogP contribution in [0.1, 0.15) is 24.4 Å². The molecule has 20 heavy (non-hydrogen) atoms. The molecule has 0 radical (unpaired) electrons. The third-order valence-electron chi connectivity index (χ3n) is 4.17. The zero-order valence-corrected chi connectivity index (χ0v) is 10.7. The molecule has 0 bridgehead atoms. The molecule has 0 unspecified atom stereocenters. The van der Waals surface area contributed by atoms with Crippen LogP contribution in [0.5, 0.6) is 0 Å². The van der Waals surface area contributed by atoms with Crippen LogP contribution in [0.4, 0.5) is 13.2 Å². The highest BCUT2D eigenvalue weighted by Gasteiger charge is 2.69. The number of hydrogen-bond donors (Lipinski definition) is 0. The molecule has 2 heterocycles. The minimum Gasteiger partial charge on any atom is -0.462 e. The van der Waals surface area contributed by atoms with Gasteiger partial charge in [0.15, 0.2) is 0 Å². The van der Waals surface area contributed by atoms with E-state index in [1.807, 2.05) is 0 Å². The third kappa shape index (κ3) is 1.74. The van der Waals surface area contributed by atoms with Crippen molar-refractivity contribution in [3.05, 3.63) is 35.9 Å². The Morgan fingerprint density at radius 1 is 1.25 bits per heavy atom. The van der Waals surface area contributed by atoms with E-state index in [2.05, 4.69) is 0 Å². The van der Waals surface area contributed by atoms with Crippen LogP contribution in [0, 0.1) is 0 Å². The number of nitrogens with zero attached hydrogens (tertiary/aromatic N) is 1. The number of esters is 1. The van der Waals surface area contributed by atoms with E-state index < -0.39 is 23.7 Å². The Morgan fingerprint density at radius 3 is 2.60 bits per heavy atom. The molecule has 0 aromatic heterocycles. The van der Waals surface area contributed by atoms with Gasteiger partial charge >= 0.3 is 12.1 Å². The molecule has 2 aliphatic heterocycles. The quantitative estimate of drug-likeness (QED) is 0.743. The molecule has 6 heteroatoms. The van der Waals surface area contributed by atoms with Crippen LogP contribution in [0.2, 0.25) is 0 Å². The molecule has 3 nitrogen and oxygen atoms in total. The van der Waals surface area contributed by atoms with Crippen LogP contribution in [-0.4, -0.2) is 35.7 Å². The maximum Gasteiger partial charge on any atom is 0.417 e. The normalized spacial score (nSPS) is 30.9. The van der Waals surface area contributed by atoms with Crippen LogP contribution in [0.3, 0.4) is 0 Å². The van der Waals surface area contributed by atoms with Crippen molar-refractivity contribution in [2.45, 2.75) is 30.6 Å². The van der Waals surface area contributed by atoms with Crippen molar-refractivity contribution in [3.63, 3.8) is 0 Å². The van der Waals surface area contributed by atoms with Gasteiger partial charge in [-0.2, -0.15) is 13.2 Å². The highest BCUT2D eigenvalue weighted by molar-refractivity contribution is 5.83. The smallest absolute Gasteiger partial charge is 0.417 e. The number of ether oxygens (including phenoxy) is 1. The number of benzene rings is 1. The van der Waals surface area contributed by atoms with E-state index >= 15 is 0 Å². The Balaban J connectivity index is 2.04. The molecule has 2 fully saturated rings. The van der Waals surface area contributed by atoms with Crippen molar-refractivity contribution in [2.75, 3.05) is 13.2 Å². The Hall–Kier alpha value is -1.56. The number of carbonyl (C=O) groups excluding carboxylic acids is 1.